The maximum Gasteiger partial charge on any atom is 0.261 e. The average molecular weight is 923 g/mol. The first kappa shape index (κ1) is 58.3. The zero-order valence-corrected chi connectivity index (χ0v) is 41.7. The Balaban J connectivity index is 1.22. The van der Waals surface area contributed by atoms with E-state index in [1.165, 1.54) is 74.6 Å². The molecule has 2 aromatic carbocycles. The highest BCUT2D eigenvalue weighted by molar-refractivity contribution is 6.99. The van der Waals surface area contributed by atoms with Crippen LogP contribution in [0.3, 0.4) is 0 Å². The molecule has 2 rings (SSSR count). The van der Waals surface area contributed by atoms with E-state index in [1.807, 2.05) is 0 Å². The van der Waals surface area contributed by atoms with E-state index in [0.717, 1.165) is 13.0 Å². The zero-order chi connectivity index (χ0) is 45.8. The highest BCUT2D eigenvalue weighted by Crippen LogP contribution is 2.36. The van der Waals surface area contributed by atoms with Crippen molar-refractivity contribution < 1.29 is 56.5 Å². The molecule has 0 atom stereocenters. The molecule has 12 nitrogen and oxygen atoms in total. The third-order valence-corrected chi connectivity index (χ3v) is 15.6. The van der Waals surface area contributed by atoms with Crippen LogP contribution in [0.5, 0.6) is 0 Å². The van der Waals surface area contributed by atoms with Crippen LogP contribution in [-0.4, -0.2) is 160 Å². The molecule has 0 aliphatic rings. The summed E-state index contributed by atoms with van der Waals surface area (Å²) in [6, 6.07) is 21.3. The normalized spacial score (nSPS) is 12.1. The van der Waals surface area contributed by atoms with Gasteiger partial charge in [0.15, 0.2) is 0 Å². The minimum Gasteiger partial charge on any atom is -0.405 e. The lowest BCUT2D eigenvalue weighted by Crippen LogP contribution is -2.66. The fraction of sp³-hybridized carbons (Fsp3) is 0.765. The van der Waals surface area contributed by atoms with Crippen LogP contribution >= 0.6 is 0 Å². The summed E-state index contributed by atoms with van der Waals surface area (Å²) in [6.07, 6.45) is 14.9. The van der Waals surface area contributed by atoms with Gasteiger partial charge in [-0.05, 0) is 21.8 Å². The molecular weight excluding hydrogens is 833 g/mol. The Labute approximate surface area is 390 Å². The van der Waals surface area contributed by atoms with Gasteiger partial charge in [0.2, 0.25) is 0 Å². The van der Waals surface area contributed by atoms with E-state index in [0.29, 0.717) is 145 Å². The lowest BCUT2D eigenvalue weighted by atomic mass is 10.1. The fourth-order valence-electron chi connectivity index (χ4n) is 7.18. The van der Waals surface area contributed by atoms with E-state index in [-0.39, 0.29) is 5.04 Å². The highest BCUT2D eigenvalue weighted by atomic mass is 28.4. The van der Waals surface area contributed by atoms with E-state index >= 15 is 0 Å². The van der Waals surface area contributed by atoms with E-state index < -0.39 is 8.32 Å². The Morgan fingerprint density at radius 3 is 0.797 bits per heavy atom. The monoisotopic (exact) mass is 923 g/mol. The Hall–Kier alpha value is -1.82. The first-order valence-electron chi connectivity index (χ1n) is 24.6. The topological polar surface area (TPSA) is 111 Å². The van der Waals surface area contributed by atoms with Crippen molar-refractivity contribution in [1.29, 1.82) is 0 Å². The number of unbranched alkanes of at least 4 members (excludes halogenated alkanes) is 10. The summed E-state index contributed by atoms with van der Waals surface area (Å²) in [5.41, 5.74) is 0. The van der Waals surface area contributed by atoms with Gasteiger partial charge < -0.3 is 56.5 Å². The molecule has 0 saturated heterocycles. The van der Waals surface area contributed by atoms with Gasteiger partial charge in [-0.2, -0.15) is 0 Å². The molecule has 0 N–H and O–H groups in total. The third-order valence-electron chi connectivity index (χ3n) is 10.6. The zero-order valence-electron chi connectivity index (χ0n) is 40.7. The molecule has 0 bridgehead atoms. The van der Waals surface area contributed by atoms with Crippen molar-refractivity contribution in [3.05, 3.63) is 60.7 Å². The lowest BCUT2D eigenvalue weighted by Gasteiger charge is -2.43. The van der Waals surface area contributed by atoms with Crippen LogP contribution < -0.4 is 10.4 Å². The molecule has 0 radical (unpaired) electrons. The number of rotatable bonds is 48. The Bertz CT molecular complexity index is 1200. The lowest BCUT2D eigenvalue weighted by molar-refractivity contribution is -0.0277. The smallest absolute Gasteiger partial charge is 0.261 e. The molecule has 2 aromatic rings. The molecule has 0 amide bonds. The number of hydrogen-bond acceptors (Lipinski definition) is 12. The molecule has 13 heteroatoms. The summed E-state index contributed by atoms with van der Waals surface area (Å²) < 4.78 is 68.6. The maximum absolute atomic E-state index is 6.86. The van der Waals surface area contributed by atoms with Crippen molar-refractivity contribution >= 4 is 18.7 Å². The summed E-state index contributed by atoms with van der Waals surface area (Å²) in [7, 11) is -2.54. The second kappa shape index (κ2) is 42.5. The molecule has 370 valence electrons. The second-order valence-corrected chi connectivity index (χ2v) is 21.1. The molecule has 0 aliphatic carbocycles. The second-order valence-electron chi connectivity index (χ2n) is 16.8. The van der Waals surface area contributed by atoms with Gasteiger partial charge in [-0.15, -0.1) is 0 Å². The summed E-state index contributed by atoms with van der Waals surface area (Å²) in [5.74, 6) is 0. The molecule has 0 heterocycles. The Morgan fingerprint density at radius 2 is 0.531 bits per heavy atom. The first-order chi connectivity index (χ1) is 31.5. The Kier molecular flexibility index (Phi) is 38.7. The molecule has 0 aromatic heterocycles. The van der Waals surface area contributed by atoms with E-state index in [9.17, 15) is 0 Å². The van der Waals surface area contributed by atoms with Gasteiger partial charge in [-0.25, -0.2) is 0 Å². The summed E-state index contributed by atoms with van der Waals surface area (Å²) in [6.45, 7) is 21.6. The maximum atomic E-state index is 6.86. The van der Waals surface area contributed by atoms with E-state index in [2.05, 4.69) is 88.4 Å². The van der Waals surface area contributed by atoms with E-state index in [1.54, 1.807) is 0 Å². The quantitative estimate of drug-likeness (QED) is 0.0473. The summed E-state index contributed by atoms with van der Waals surface area (Å²) in [5, 5.41) is 2.48. The SMILES string of the molecule is CCCCCCCCCCCCCOCCOCCOCCOCCOCCOCCOCCOCCOCCOCCOCCO[Si](c1ccccc1)(c1ccccc1)C(C)(C)C. The number of benzene rings is 2. The van der Waals surface area contributed by atoms with Crippen LogP contribution in [0.4, 0.5) is 0 Å². The predicted octanol–water partition coefficient (Wildman–Crippen LogP) is 8.06. The van der Waals surface area contributed by atoms with Crippen molar-refractivity contribution in [2.45, 2.75) is 103 Å². The van der Waals surface area contributed by atoms with Crippen LogP contribution in [0.2, 0.25) is 5.04 Å². The summed E-state index contributed by atoms with van der Waals surface area (Å²) in [4.78, 5) is 0. The van der Waals surface area contributed by atoms with Gasteiger partial charge >= 0.3 is 0 Å². The molecule has 0 unspecified atom stereocenters. The molecular formula is C51H90O12Si. The van der Waals surface area contributed by atoms with Gasteiger partial charge in [0, 0.05) is 6.61 Å². The molecule has 64 heavy (non-hydrogen) atoms. The average Bonchev–Trinajstić information content (AvgIpc) is 3.30. The van der Waals surface area contributed by atoms with Crippen molar-refractivity contribution in [3.8, 4) is 0 Å². The van der Waals surface area contributed by atoms with Gasteiger partial charge in [-0.3, -0.25) is 0 Å². The number of ether oxygens (including phenoxy) is 11. The minimum atomic E-state index is -2.54. The van der Waals surface area contributed by atoms with Gasteiger partial charge in [0.25, 0.3) is 8.32 Å². The standard InChI is InChI=1S/C51H90O12Si/c1-5-6-7-8-9-10-11-12-13-14-21-26-52-27-28-53-29-30-54-31-32-55-33-34-56-35-36-57-37-38-58-39-40-59-41-42-60-43-44-61-45-46-62-47-48-63-64(51(2,3)4,49-22-17-15-18-23-49)50-24-19-16-20-25-50/h15-20,22-25H,5-14,21,26-48H2,1-4H3. The van der Waals surface area contributed by atoms with Crippen molar-refractivity contribution in [2.75, 3.05) is 152 Å². The van der Waals surface area contributed by atoms with Gasteiger partial charge in [0.05, 0.1) is 145 Å². The largest absolute Gasteiger partial charge is 0.405 e. The van der Waals surface area contributed by atoms with Crippen molar-refractivity contribution in [2.24, 2.45) is 0 Å². The fourth-order valence-corrected chi connectivity index (χ4v) is 11.7. The highest BCUT2D eigenvalue weighted by Gasteiger charge is 2.50. The van der Waals surface area contributed by atoms with Gasteiger partial charge in [-0.1, -0.05) is 153 Å². The van der Waals surface area contributed by atoms with Crippen LogP contribution in [0.15, 0.2) is 60.7 Å². The predicted molar refractivity (Wildman–Crippen MR) is 259 cm³/mol. The van der Waals surface area contributed by atoms with Crippen molar-refractivity contribution in [1.82, 2.24) is 0 Å². The van der Waals surface area contributed by atoms with E-state index in [4.69, 9.17) is 56.5 Å². The van der Waals surface area contributed by atoms with Crippen LogP contribution in [0, 0.1) is 0 Å². The molecule has 0 saturated carbocycles. The molecule has 0 fully saturated rings. The van der Waals surface area contributed by atoms with Crippen molar-refractivity contribution in [3.63, 3.8) is 0 Å². The third kappa shape index (κ3) is 30.5. The summed E-state index contributed by atoms with van der Waals surface area (Å²) >= 11 is 0. The van der Waals surface area contributed by atoms with Crippen LogP contribution in [0.1, 0.15) is 98.3 Å². The Morgan fingerprint density at radius 1 is 0.297 bits per heavy atom. The number of hydrogen-bond donors (Lipinski definition) is 0. The molecule has 0 aliphatic heterocycles. The molecule has 0 spiro atoms. The van der Waals surface area contributed by atoms with Gasteiger partial charge in [0.1, 0.15) is 0 Å². The first-order valence-corrected chi connectivity index (χ1v) is 26.5. The minimum absolute atomic E-state index is 0.0570. The van der Waals surface area contributed by atoms with Crippen LogP contribution in [0.25, 0.3) is 0 Å². The van der Waals surface area contributed by atoms with Crippen LogP contribution in [-0.2, 0) is 56.5 Å².